The second-order valence-corrected chi connectivity index (χ2v) is 8.01. The summed E-state index contributed by atoms with van der Waals surface area (Å²) in [6.07, 6.45) is -2.80. The second kappa shape index (κ2) is 7.37. The van der Waals surface area contributed by atoms with Crippen LogP contribution in [0.4, 0.5) is 13.2 Å². The van der Waals surface area contributed by atoms with Crippen LogP contribution in [0.5, 0.6) is 0 Å². The molecule has 27 heavy (non-hydrogen) atoms. The highest BCUT2D eigenvalue weighted by Crippen LogP contribution is 2.32. The van der Waals surface area contributed by atoms with E-state index >= 15 is 0 Å². The Morgan fingerprint density at radius 2 is 1.81 bits per heavy atom. The van der Waals surface area contributed by atoms with Gasteiger partial charge >= 0.3 is 6.18 Å². The maximum absolute atomic E-state index is 13.0. The van der Waals surface area contributed by atoms with E-state index in [9.17, 15) is 22.8 Å². The van der Waals surface area contributed by atoms with Gasteiger partial charge in [-0.1, -0.05) is 26.8 Å². The number of alkyl halides is 3. The Labute approximate surface area is 156 Å². The molecule has 0 saturated heterocycles. The van der Waals surface area contributed by atoms with Crippen molar-refractivity contribution in [3.8, 4) is 0 Å². The molecular weight excluding hydrogens is 357 g/mol. The fraction of sp³-hybridized carbons (Fsp3) is 0.500. The van der Waals surface area contributed by atoms with Gasteiger partial charge in [0.25, 0.3) is 11.5 Å². The van der Waals surface area contributed by atoms with Crippen molar-refractivity contribution >= 4 is 16.8 Å². The van der Waals surface area contributed by atoms with Crippen LogP contribution in [0.3, 0.4) is 0 Å². The molecule has 1 N–H and O–H groups in total. The fourth-order valence-electron chi connectivity index (χ4n) is 3.05. The number of carbonyl (C=O) groups excluding carboxylic acids is 1. The molecule has 0 aliphatic heterocycles. The number of pyridine rings is 1. The summed E-state index contributed by atoms with van der Waals surface area (Å²) in [5, 5.41) is 3.20. The molecular formula is C20H25F3N2O2. The number of halogens is 3. The first-order valence-corrected chi connectivity index (χ1v) is 8.81. The summed E-state index contributed by atoms with van der Waals surface area (Å²) < 4.78 is 40.0. The van der Waals surface area contributed by atoms with E-state index in [-0.39, 0.29) is 16.5 Å². The minimum Gasteiger partial charge on any atom is -0.352 e. The van der Waals surface area contributed by atoms with Gasteiger partial charge in [0.2, 0.25) is 0 Å². The van der Waals surface area contributed by atoms with Gasteiger partial charge in [0, 0.05) is 19.0 Å². The predicted molar refractivity (Wildman–Crippen MR) is 100.0 cm³/mol. The summed E-state index contributed by atoms with van der Waals surface area (Å²) in [7, 11) is 1.38. The van der Waals surface area contributed by atoms with Crippen molar-refractivity contribution in [2.75, 3.05) is 6.54 Å². The van der Waals surface area contributed by atoms with Crippen LogP contribution in [0.2, 0.25) is 0 Å². The molecule has 0 spiro atoms. The zero-order valence-electron chi connectivity index (χ0n) is 16.3. The Morgan fingerprint density at radius 3 is 2.37 bits per heavy atom. The zero-order chi connectivity index (χ0) is 20.6. The molecule has 0 atom stereocenters. The molecule has 2 rings (SSSR count). The summed E-state index contributed by atoms with van der Waals surface area (Å²) in [6, 6.07) is 3.21. The number of rotatable bonds is 4. The Bertz CT molecular complexity index is 922. The van der Waals surface area contributed by atoms with Crippen molar-refractivity contribution in [3.63, 3.8) is 0 Å². The summed E-state index contributed by atoms with van der Waals surface area (Å²) in [5.74, 6) is -0.496. The van der Waals surface area contributed by atoms with Gasteiger partial charge in [-0.25, -0.2) is 0 Å². The number of benzene rings is 1. The Hall–Kier alpha value is -2.31. The van der Waals surface area contributed by atoms with Crippen LogP contribution in [0.25, 0.3) is 10.9 Å². The van der Waals surface area contributed by atoms with Gasteiger partial charge in [-0.05, 0) is 42.9 Å². The molecule has 0 bridgehead atoms. The van der Waals surface area contributed by atoms with Crippen molar-refractivity contribution in [1.82, 2.24) is 9.88 Å². The van der Waals surface area contributed by atoms with Crippen molar-refractivity contribution in [2.45, 2.75) is 46.7 Å². The van der Waals surface area contributed by atoms with Crippen LogP contribution < -0.4 is 10.9 Å². The first-order chi connectivity index (χ1) is 12.3. The monoisotopic (exact) mass is 382 g/mol. The highest BCUT2D eigenvalue weighted by Gasteiger charge is 2.31. The average molecular weight is 382 g/mol. The summed E-state index contributed by atoms with van der Waals surface area (Å²) in [4.78, 5) is 25.1. The second-order valence-electron chi connectivity index (χ2n) is 8.01. The smallest absolute Gasteiger partial charge is 0.352 e. The number of carbonyl (C=O) groups is 1. The lowest BCUT2D eigenvalue weighted by molar-refractivity contribution is -0.137. The number of aryl methyl sites for hydroxylation is 2. The van der Waals surface area contributed by atoms with E-state index in [1.807, 2.05) is 0 Å². The number of nitrogens with zero attached hydrogens (tertiary/aromatic N) is 1. The van der Waals surface area contributed by atoms with Crippen LogP contribution >= 0.6 is 0 Å². The molecule has 1 aromatic carbocycles. The molecule has 0 aliphatic carbocycles. The molecule has 1 heterocycles. The van der Waals surface area contributed by atoms with E-state index in [0.29, 0.717) is 17.5 Å². The summed E-state index contributed by atoms with van der Waals surface area (Å²) in [5.41, 5.74) is -0.778. The molecule has 4 nitrogen and oxygen atoms in total. The standard InChI is InChI=1S/C20H25F3N2O2/c1-12-14-8-7-13(20(21,22)23)11-15(14)25(5)18(27)16(12)17(26)24-10-6-9-19(2,3)4/h7-8,11H,6,9-10H2,1-5H3,(H,24,26). The van der Waals surface area contributed by atoms with Crippen molar-refractivity contribution < 1.29 is 18.0 Å². The van der Waals surface area contributed by atoms with E-state index in [1.165, 1.54) is 13.1 Å². The number of nitrogens with one attached hydrogen (secondary N) is 1. The quantitative estimate of drug-likeness (QED) is 0.796. The summed E-state index contributed by atoms with van der Waals surface area (Å²) >= 11 is 0. The maximum Gasteiger partial charge on any atom is 0.416 e. The largest absolute Gasteiger partial charge is 0.416 e. The van der Waals surface area contributed by atoms with Crippen molar-refractivity contribution in [1.29, 1.82) is 0 Å². The van der Waals surface area contributed by atoms with Crippen LogP contribution in [-0.4, -0.2) is 17.0 Å². The minimum atomic E-state index is -4.50. The van der Waals surface area contributed by atoms with Crippen LogP contribution in [0.1, 0.15) is 55.1 Å². The molecule has 2 aromatic rings. The van der Waals surface area contributed by atoms with Gasteiger partial charge < -0.3 is 9.88 Å². The fourth-order valence-corrected chi connectivity index (χ4v) is 3.05. The molecule has 148 valence electrons. The molecule has 0 saturated carbocycles. The molecule has 1 aromatic heterocycles. The number of hydrogen-bond donors (Lipinski definition) is 1. The van der Waals surface area contributed by atoms with Gasteiger partial charge in [0.15, 0.2) is 0 Å². The van der Waals surface area contributed by atoms with Gasteiger partial charge in [-0.15, -0.1) is 0 Å². The van der Waals surface area contributed by atoms with Gasteiger partial charge in [-0.3, -0.25) is 9.59 Å². The lowest BCUT2D eigenvalue weighted by Crippen LogP contribution is -2.34. The normalized spacial score (nSPS) is 12.4. The van der Waals surface area contributed by atoms with Gasteiger partial charge in [0.05, 0.1) is 11.1 Å². The number of amides is 1. The van der Waals surface area contributed by atoms with Gasteiger partial charge in [-0.2, -0.15) is 13.2 Å². The van der Waals surface area contributed by atoms with E-state index in [0.717, 1.165) is 29.5 Å². The first-order valence-electron chi connectivity index (χ1n) is 8.81. The van der Waals surface area contributed by atoms with Crippen LogP contribution in [0.15, 0.2) is 23.0 Å². The lowest BCUT2D eigenvalue weighted by atomic mass is 9.90. The third-order valence-corrected chi connectivity index (χ3v) is 4.60. The maximum atomic E-state index is 13.0. The number of aromatic nitrogens is 1. The summed E-state index contributed by atoms with van der Waals surface area (Å²) in [6.45, 7) is 8.33. The van der Waals surface area contributed by atoms with Crippen molar-refractivity contribution in [2.24, 2.45) is 12.5 Å². The first kappa shape index (κ1) is 21.0. The Balaban J connectivity index is 2.38. The predicted octanol–water partition coefficient (Wildman–Crippen LogP) is 4.42. The minimum absolute atomic E-state index is 0.0273. The topological polar surface area (TPSA) is 51.1 Å². The van der Waals surface area contributed by atoms with E-state index in [4.69, 9.17) is 0 Å². The Kier molecular flexibility index (Phi) is 5.73. The molecule has 0 unspecified atom stereocenters. The highest BCUT2D eigenvalue weighted by molar-refractivity contribution is 6.00. The van der Waals surface area contributed by atoms with Crippen LogP contribution in [-0.2, 0) is 13.2 Å². The van der Waals surface area contributed by atoms with Crippen molar-refractivity contribution in [3.05, 3.63) is 45.2 Å². The zero-order valence-corrected chi connectivity index (χ0v) is 16.3. The van der Waals surface area contributed by atoms with E-state index in [1.54, 1.807) is 6.92 Å². The number of hydrogen-bond acceptors (Lipinski definition) is 2. The lowest BCUT2D eigenvalue weighted by Gasteiger charge is -2.18. The molecule has 0 aliphatic rings. The number of fused-ring (bicyclic) bond motifs is 1. The highest BCUT2D eigenvalue weighted by atomic mass is 19.4. The van der Waals surface area contributed by atoms with Crippen LogP contribution in [0, 0.1) is 12.3 Å². The SMILES string of the molecule is Cc1c(C(=O)NCCCC(C)(C)C)c(=O)n(C)c2cc(C(F)(F)F)ccc12. The Morgan fingerprint density at radius 1 is 1.19 bits per heavy atom. The molecule has 0 radical (unpaired) electrons. The van der Waals surface area contributed by atoms with Gasteiger partial charge in [0.1, 0.15) is 5.56 Å². The van der Waals surface area contributed by atoms with E-state index < -0.39 is 23.2 Å². The van der Waals surface area contributed by atoms with E-state index in [2.05, 4.69) is 26.1 Å². The molecule has 0 fully saturated rings. The molecule has 1 amide bonds. The third kappa shape index (κ3) is 4.70. The molecule has 7 heteroatoms. The average Bonchev–Trinajstić information content (AvgIpc) is 2.54. The third-order valence-electron chi connectivity index (χ3n) is 4.60.